The van der Waals surface area contributed by atoms with E-state index < -0.39 is 28.8 Å². The van der Waals surface area contributed by atoms with E-state index in [1.54, 1.807) is 12.1 Å². The smallest absolute Gasteiger partial charge is 0.414 e. The van der Waals surface area contributed by atoms with Gasteiger partial charge in [-0.25, -0.2) is 9.18 Å². The second-order valence-electron chi connectivity index (χ2n) is 6.32. The fourth-order valence-corrected chi connectivity index (χ4v) is 4.10. The van der Waals surface area contributed by atoms with Crippen molar-refractivity contribution >= 4 is 34.2 Å². The Balaban J connectivity index is 1.62. The van der Waals surface area contributed by atoms with Crippen molar-refractivity contribution < 1.29 is 27.7 Å². The van der Waals surface area contributed by atoms with Crippen LogP contribution in [0.1, 0.15) is 0 Å². The molecule has 8 nitrogen and oxygen atoms in total. The van der Waals surface area contributed by atoms with Crippen molar-refractivity contribution in [2.24, 2.45) is 0 Å². The Hall–Kier alpha value is -2.20. The van der Waals surface area contributed by atoms with Crippen LogP contribution in [-0.2, 0) is 25.1 Å². The number of benzene rings is 1. The van der Waals surface area contributed by atoms with E-state index >= 15 is 0 Å². The second-order valence-corrected chi connectivity index (χ2v) is 8.02. The molecule has 2 fully saturated rings. The van der Waals surface area contributed by atoms with Crippen LogP contribution in [-0.4, -0.2) is 73.7 Å². The lowest BCUT2D eigenvalue weighted by Gasteiger charge is -2.29. The highest BCUT2D eigenvalue weighted by atomic mass is 32.2. The number of carbonyl (C=O) groups excluding carboxylic acids is 2. The lowest BCUT2D eigenvalue weighted by atomic mass is 10.2. The van der Waals surface area contributed by atoms with Gasteiger partial charge in [-0.1, -0.05) is 0 Å². The topological polar surface area (TPSA) is 88.2 Å². The summed E-state index contributed by atoms with van der Waals surface area (Å²) < 4.78 is 36.0. The van der Waals surface area contributed by atoms with Gasteiger partial charge in [-0.2, -0.15) is 0 Å². The molecule has 27 heavy (non-hydrogen) atoms. The van der Waals surface area contributed by atoms with E-state index in [4.69, 9.17) is 9.47 Å². The average molecular weight is 399 g/mol. The van der Waals surface area contributed by atoms with Gasteiger partial charge in [0.2, 0.25) is 5.91 Å². The predicted molar refractivity (Wildman–Crippen MR) is 99.0 cm³/mol. The van der Waals surface area contributed by atoms with Crippen molar-refractivity contribution in [1.82, 2.24) is 5.32 Å². The summed E-state index contributed by atoms with van der Waals surface area (Å²) >= 11 is 0. The summed E-state index contributed by atoms with van der Waals surface area (Å²) in [7, 11) is 0.580. The third kappa shape index (κ3) is 4.75. The van der Waals surface area contributed by atoms with Gasteiger partial charge in [0.15, 0.2) is 0 Å². The summed E-state index contributed by atoms with van der Waals surface area (Å²) in [6.07, 6.45) is -1.10. The first kappa shape index (κ1) is 19.6. The number of carbonyl (C=O) groups is 2. The van der Waals surface area contributed by atoms with Crippen LogP contribution in [0.25, 0.3) is 0 Å². The normalized spacial score (nSPS) is 20.7. The van der Waals surface area contributed by atoms with E-state index in [-0.39, 0.29) is 25.6 Å². The number of halogens is 1. The van der Waals surface area contributed by atoms with Gasteiger partial charge < -0.3 is 19.7 Å². The Morgan fingerprint density at radius 1 is 1.41 bits per heavy atom. The van der Waals surface area contributed by atoms with E-state index in [1.807, 2.05) is 4.90 Å². The molecule has 0 radical (unpaired) electrons. The van der Waals surface area contributed by atoms with E-state index in [2.05, 4.69) is 5.32 Å². The molecule has 2 aliphatic heterocycles. The molecule has 2 saturated heterocycles. The first-order valence-electron chi connectivity index (χ1n) is 8.61. The Kier molecular flexibility index (Phi) is 6.27. The molecule has 1 aromatic rings. The number of anilines is 2. The minimum Gasteiger partial charge on any atom is -0.442 e. The highest BCUT2D eigenvalue weighted by Gasteiger charge is 2.33. The van der Waals surface area contributed by atoms with Gasteiger partial charge in [-0.05, 0) is 18.2 Å². The summed E-state index contributed by atoms with van der Waals surface area (Å²) in [5.74, 6) is 0.307. The van der Waals surface area contributed by atoms with Crippen molar-refractivity contribution in [3.63, 3.8) is 0 Å². The molecule has 0 aliphatic carbocycles. The monoisotopic (exact) mass is 399 g/mol. The molecule has 1 N–H and O–H groups in total. The molecule has 2 amide bonds. The number of hydrogen-bond acceptors (Lipinski definition) is 6. The zero-order valence-electron chi connectivity index (χ0n) is 15.0. The van der Waals surface area contributed by atoms with Crippen LogP contribution >= 0.6 is 0 Å². The van der Waals surface area contributed by atoms with Crippen LogP contribution in [0.5, 0.6) is 0 Å². The summed E-state index contributed by atoms with van der Waals surface area (Å²) in [5.41, 5.74) is 0.832. The van der Waals surface area contributed by atoms with Gasteiger partial charge in [-0.3, -0.25) is 13.9 Å². The zero-order valence-corrected chi connectivity index (χ0v) is 15.8. The van der Waals surface area contributed by atoms with Crippen molar-refractivity contribution in [2.45, 2.75) is 6.10 Å². The van der Waals surface area contributed by atoms with Crippen molar-refractivity contribution in [2.75, 3.05) is 61.2 Å². The number of hydrogen-bond donors (Lipinski definition) is 1. The fourth-order valence-electron chi connectivity index (χ4n) is 3.05. The largest absolute Gasteiger partial charge is 0.442 e. The molecule has 0 aromatic heterocycles. The van der Waals surface area contributed by atoms with Crippen LogP contribution in [0.2, 0.25) is 0 Å². The van der Waals surface area contributed by atoms with Gasteiger partial charge in [-0.15, -0.1) is 0 Å². The standard InChI is InChI=1S/C17H22FN3O5S/c1-25-11-16(22)19-9-13-10-21(17(23)26-13)12-2-3-15(14(18)8-12)20-4-6-27(24)7-5-20/h2-3,8,13H,4-7,9-11H2,1H3,(H,19,22)/t13-/m0/s1. The fraction of sp³-hybridized carbons (Fsp3) is 0.529. The van der Waals surface area contributed by atoms with E-state index in [0.717, 1.165) is 0 Å². The first-order chi connectivity index (χ1) is 13.0. The van der Waals surface area contributed by atoms with Crippen molar-refractivity contribution in [3.8, 4) is 0 Å². The van der Waals surface area contributed by atoms with E-state index in [0.29, 0.717) is 36.0 Å². The lowest BCUT2D eigenvalue weighted by molar-refractivity contribution is -0.125. The quantitative estimate of drug-likeness (QED) is 0.749. The molecular formula is C17H22FN3O5S. The second kappa shape index (κ2) is 8.66. The van der Waals surface area contributed by atoms with Gasteiger partial charge in [0.25, 0.3) is 0 Å². The molecule has 2 heterocycles. The number of methoxy groups -OCH3 is 1. The number of cyclic esters (lactones) is 1. The van der Waals surface area contributed by atoms with Crippen LogP contribution in [0, 0.1) is 5.82 Å². The Morgan fingerprint density at radius 3 is 2.81 bits per heavy atom. The maximum atomic E-state index is 14.6. The molecule has 2 aliphatic rings. The number of amides is 2. The van der Waals surface area contributed by atoms with Gasteiger partial charge in [0.1, 0.15) is 18.5 Å². The number of ether oxygens (including phenoxy) is 2. The number of rotatable bonds is 6. The van der Waals surface area contributed by atoms with Crippen LogP contribution < -0.4 is 15.1 Å². The van der Waals surface area contributed by atoms with Gasteiger partial charge in [0.05, 0.1) is 24.5 Å². The molecular weight excluding hydrogens is 377 g/mol. The number of nitrogens with one attached hydrogen (secondary N) is 1. The van der Waals surface area contributed by atoms with Crippen LogP contribution in [0.15, 0.2) is 18.2 Å². The van der Waals surface area contributed by atoms with Crippen molar-refractivity contribution in [1.29, 1.82) is 0 Å². The maximum absolute atomic E-state index is 14.6. The first-order valence-corrected chi connectivity index (χ1v) is 10.1. The van der Waals surface area contributed by atoms with Gasteiger partial charge in [0, 0.05) is 42.5 Å². The Morgan fingerprint density at radius 2 is 2.15 bits per heavy atom. The predicted octanol–water partition coefficient (Wildman–Crippen LogP) is 0.482. The molecule has 0 unspecified atom stereocenters. The van der Waals surface area contributed by atoms with Crippen molar-refractivity contribution in [3.05, 3.63) is 24.0 Å². The third-order valence-electron chi connectivity index (χ3n) is 4.44. The minimum absolute atomic E-state index is 0.0683. The molecule has 0 saturated carbocycles. The van der Waals surface area contributed by atoms with Gasteiger partial charge >= 0.3 is 6.09 Å². The highest BCUT2D eigenvalue weighted by Crippen LogP contribution is 2.28. The summed E-state index contributed by atoms with van der Waals surface area (Å²) in [5, 5.41) is 2.61. The summed E-state index contributed by atoms with van der Waals surface area (Å²) in [6.45, 7) is 1.39. The Labute approximate surface area is 159 Å². The third-order valence-corrected chi connectivity index (χ3v) is 5.71. The lowest BCUT2D eigenvalue weighted by Crippen LogP contribution is -2.38. The molecule has 1 atom stereocenters. The van der Waals surface area contributed by atoms with E-state index in [1.165, 1.54) is 18.1 Å². The molecule has 3 rings (SSSR count). The Bertz CT molecular complexity index is 737. The SMILES string of the molecule is COCC(=O)NC[C@H]1CN(c2ccc(N3CCS(=O)CC3)c(F)c2)C(=O)O1. The minimum atomic E-state index is -0.835. The summed E-state index contributed by atoms with van der Waals surface area (Å²) in [4.78, 5) is 26.7. The summed E-state index contributed by atoms with van der Waals surface area (Å²) in [6, 6.07) is 4.59. The molecule has 10 heteroatoms. The molecule has 0 bridgehead atoms. The average Bonchev–Trinajstić information content (AvgIpc) is 3.02. The molecule has 0 spiro atoms. The van der Waals surface area contributed by atoms with Crippen LogP contribution in [0.4, 0.5) is 20.6 Å². The number of nitrogens with zero attached hydrogens (tertiary/aromatic N) is 2. The maximum Gasteiger partial charge on any atom is 0.414 e. The zero-order chi connectivity index (χ0) is 19.4. The molecule has 148 valence electrons. The highest BCUT2D eigenvalue weighted by molar-refractivity contribution is 7.85. The molecule has 1 aromatic carbocycles. The van der Waals surface area contributed by atoms with Crippen LogP contribution in [0.3, 0.4) is 0 Å². The van der Waals surface area contributed by atoms with E-state index in [9.17, 15) is 18.2 Å².